The van der Waals surface area contributed by atoms with Crippen LogP contribution in [-0.2, 0) is 4.79 Å². The van der Waals surface area contributed by atoms with Gasteiger partial charge in [0.2, 0.25) is 5.43 Å². The van der Waals surface area contributed by atoms with Crippen molar-refractivity contribution in [3.8, 4) is 0 Å². The summed E-state index contributed by atoms with van der Waals surface area (Å²) in [4.78, 5) is 36.3. The first-order valence-corrected chi connectivity index (χ1v) is 9.90. The Morgan fingerprint density at radius 1 is 1.23 bits per heavy atom. The van der Waals surface area contributed by atoms with Gasteiger partial charge in [0.25, 0.3) is 0 Å². The van der Waals surface area contributed by atoms with Crippen LogP contribution in [0.5, 0.6) is 0 Å². The number of rotatable bonds is 6. The van der Waals surface area contributed by atoms with E-state index < -0.39 is 34.6 Å². The number of pyridine rings is 1. The molecule has 0 amide bonds. The summed E-state index contributed by atoms with van der Waals surface area (Å²) in [6.45, 7) is 2.17. The van der Waals surface area contributed by atoms with Crippen LogP contribution in [0.3, 0.4) is 0 Å². The third kappa shape index (κ3) is 3.85. The number of aliphatic carboxylic acids is 1. The summed E-state index contributed by atoms with van der Waals surface area (Å²) in [7, 11) is 0. The quantitative estimate of drug-likeness (QED) is 0.600. The fraction of sp³-hybridized carbons (Fsp3) is 0.381. The monoisotopic (exact) mass is 433 g/mol. The van der Waals surface area contributed by atoms with E-state index in [9.17, 15) is 23.9 Å². The highest BCUT2D eigenvalue weighted by atomic mass is 19.1. The van der Waals surface area contributed by atoms with Crippen LogP contribution < -0.4 is 15.6 Å². The van der Waals surface area contributed by atoms with Gasteiger partial charge < -0.3 is 25.0 Å². The lowest BCUT2D eigenvalue weighted by Crippen LogP contribution is -2.32. The fourth-order valence-corrected chi connectivity index (χ4v) is 4.14. The lowest BCUT2D eigenvalue weighted by Gasteiger charge is -2.23. The second kappa shape index (κ2) is 7.68. The van der Waals surface area contributed by atoms with Crippen LogP contribution in [0.4, 0.5) is 14.5 Å². The Labute approximate surface area is 175 Å². The summed E-state index contributed by atoms with van der Waals surface area (Å²) in [5.74, 6) is -4.37. The van der Waals surface area contributed by atoms with Crippen LogP contribution in [0.1, 0.15) is 42.6 Å². The number of aromatic nitrogens is 1. The van der Waals surface area contributed by atoms with Crippen LogP contribution in [-0.4, -0.2) is 45.9 Å². The fourth-order valence-electron chi connectivity index (χ4n) is 4.14. The molecule has 2 aliphatic rings. The summed E-state index contributed by atoms with van der Waals surface area (Å²) >= 11 is 0. The number of nitrogens with one attached hydrogen (secondary N) is 1. The molecule has 2 fully saturated rings. The van der Waals surface area contributed by atoms with Crippen molar-refractivity contribution in [3.05, 3.63) is 51.5 Å². The Hall–Kier alpha value is -3.43. The normalized spacial score (nSPS) is 19.1. The first-order valence-electron chi connectivity index (χ1n) is 9.90. The minimum absolute atomic E-state index is 0.0905. The molecule has 2 aromatic rings. The molecule has 1 aromatic carbocycles. The Balaban J connectivity index is 1.76. The van der Waals surface area contributed by atoms with Crippen molar-refractivity contribution in [2.45, 2.75) is 38.3 Å². The van der Waals surface area contributed by atoms with Gasteiger partial charge in [-0.25, -0.2) is 18.4 Å². The second-order valence-electron chi connectivity index (χ2n) is 7.97. The van der Waals surface area contributed by atoms with E-state index in [1.54, 1.807) is 6.92 Å². The number of carboxylic acid groups (broad SMARTS) is 2. The van der Waals surface area contributed by atoms with Gasteiger partial charge in [-0.1, -0.05) is 0 Å². The highest BCUT2D eigenvalue weighted by molar-refractivity contribution is 5.94. The molecule has 3 N–H and O–H groups in total. The number of carbonyl (C=O) groups is 2. The Morgan fingerprint density at radius 3 is 2.55 bits per heavy atom. The van der Waals surface area contributed by atoms with Gasteiger partial charge in [-0.05, 0) is 32.3 Å². The first kappa shape index (κ1) is 20.8. The first-order chi connectivity index (χ1) is 14.7. The van der Waals surface area contributed by atoms with Crippen LogP contribution in [0.2, 0.25) is 0 Å². The van der Waals surface area contributed by atoms with E-state index in [1.807, 2.05) is 0 Å². The zero-order valence-electron chi connectivity index (χ0n) is 16.7. The van der Waals surface area contributed by atoms with Gasteiger partial charge in [-0.2, -0.15) is 0 Å². The summed E-state index contributed by atoms with van der Waals surface area (Å²) in [6.07, 6.45) is 4.13. The Kier molecular flexibility index (Phi) is 5.16. The van der Waals surface area contributed by atoms with Crippen LogP contribution >= 0.6 is 0 Å². The second-order valence-corrected chi connectivity index (χ2v) is 7.97. The van der Waals surface area contributed by atoms with Crippen molar-refractivity contribution < 1.29 is 28.6 Å². The van der Waals surface area contributed by atoms with Gasteiger partial charge in [-0.15, -0.1) is 0 Å². The molecular weight excluding hydrogens is 412 g/mol. The van der Waals surface area contributed by atoms with E-state index in [0.717, 1.165) is 18.3 Å². The zero-order valence-corrected chi connectivity index (χ0v) is 16.7. The molecule has 1 saturated carbocycles. The minimum Gasteiger partial charge on any atom is -0.478 e. The number of anilines is 1. The summed E-state index contributed by atoms with van der Waals surface area (Å²) in [5.41, 5.74) is -1.36. The van der Waals surface area contributed by atoms with Crippen LogP contribution in [0.25, 0.3) is 10.9 Å². The third-order valence-corrected chi connectivity index (χ3v) is 5.63. The summed E-state index contributed by atoms with van der Waals surface area (Å²) in [5, 5.41) is 20.9. The molecule has 2 heterocycles. The lowest BCUT2D eigenvalue weighted by molar-refractivity contribution is -0.131. The molecule has 1 atom stereocenters. The molecule has 31 heavy (non-hydrogen) atoms. The number of aromatic carboxylic acids is 1. The molecular formula is C21H21F2N3O5. The Morgan fingerprint density at radius 2 is 1.94 bits per heavy atom. The van der Waals surface area contributed by atoms with Gasteiger partial charge in [0, 0.05) is 43.1 Å². The number of fused-ring (bicyclic) bond motifs is 1. The maximum atomic E-state index is 15.6. The molecule has 10 heteroatoms. The van der Waals surface area contributed by atoms with Crippen molar-refractivity contribution in [2.75, 3.05) is 18.0 Å². The van der Waals surface area contributed by atoms with E-state index in [2.05, 4.69) is 5.32 Å². The molecule has 0 bridgehead atoms. The number of nitrogens with zero attached hydrogens (tertiary/aromatic N) is 2. The van der Waals surface area contributed by atoms with E-state index >= 15 is 4.39 Å². The predicted octanol–water partition coefficient (Wildman–Crippen LogP) is 2.47. The highest BCUT2D eigenvalue weighted by Gasteiger charge is 2.33. The molecule has 4 rings (SSSR count). The smallest absolute Gasteiger partial charge is 0.341 e. The van der Waals surface area contributed by atoms with Gasteiger partial charge in [0.1, 0.15) is 17.1 Å². The minimum atomic E-state index is -1.44. The molecule has 0 spiro atoms. The third-order valence-electron chi connectivity index (χ3n) is 5.63. The maximum absolute atomic E-state index is 15.6. The lowest BCUT2D eigenvalue weighted by atomic mass is 10.1. The SMILES string of the molecule is CC(=CC(=O)O)NC1CCN(c2c(F)cc3c(=O)c(C(=O)O)cn(C4CC4)c3c2F)C1. The Bertz CT molecular complexity index is 1190. The molecule has 8 nitrogen and oxygen atoms in total. The number of hydrogen-bond donors (Lipinski definition) is 3. The molecule has 164 valence electrons. The average Bonchev–Trinajstić information content (AvgIpc) is 3.42. The van der Waals surface area contributed by atoms with Gasteiger partial charge >= 0.3 is 11.9 Å². The standard InChI is InChI=1S/C21H21F2N3O5/c1-10(6-16(27)28)24-11-4-5-25(8-11)19-15(22)7-13-18(17(19)23)26(12-2-3-12)9-14(20(13)29)21(30)31/h6-7,9,11-12,24H,2-5,8H2,1H3,(H,27,28)(H,30,31). The van der Waals surface area contributed by atoms with Crippen molar-refractivity contribution in [1.82, 2.24) is 9.88 Å². The average molecular weight is 433 g/mol. The number of carboxylic acids is 2. The maximum Gasteiger partial charge on any atom is 0.341 e. The van der Waals surface area contributed by atoms with E-state index in [0.29, 0.717) is 31.5 Å². The largest absolute Gasteiger partial charge is 0.478 e. The molecule has 1 aliphatic carbocycles. The number of benzene rings is 1. The van der Waals surface area contributed by atoms with E-state index in [4.69, 9.17) is 5.11 Å². The zero-order chi connectivity index (χ0) is 22.4. The topological polar surface area (TPSA) is 112 Å². The van der Waals surface area contributed by atoms with Crippen LogP contribution in [0.15, 0.2) is 28.8 Å². The van der Waals surface area contributed by atoms with Gasteiger partial charge in [-0.3, -0.25) is 4.79 Å². The summed E-state index contributed by atoms with van der Waals surface area (Å²) < 4.78 is 32.0. The predicted molar refractivity (Wildman–Crippen MR) is 109 cm³/mol. The molecule has 1 aromatic heterocycles. The van der Waals surface area contributed by atoms with Crippen molar-refractivity contribution in [1.29, 1.82) is 0 Å². The van der Waals surface area contributed by atoms with Gasteiger partial charge in [0.05, 0.1) is 10.9 Å². The molecule has 0 radical (unpaired) electrons. The number of hydrogen-bond acceptors (Lipinski definition) is 5. The van der Waals surface area contributed by atoms with E-state index in [-0.39, 0.29) is 35.2 Å². The molecule has 1 unspecified atom stereocenters. The van der Waals surface area contributed by atoms with Gasteiger partial charge in [0.15, 0.2) is 5.82 Å². The highest BCUT2D eigenvalue weighted by Crippen LogP contribution is 2.40. The number of allylic oxidation sites excluding steroid dienone is 1. The van der Waals surface area contributed by atoms with Crippen LogP contribution in [0, 0.1) is 11.6 Å². The molecule has 1 aliphatic heterocycles. The molecule has 1 saturated heterocycles. The van der Waals surface area contributed by atoms with Crippen molar-refractivity contribution in [3.63, 3.8) is 0 Å². The van der Waals surface area contributed by atoms with E-state index in [1.165, 1.54) is 9.47 Å². The number of halogens is 2. The summed E-state index contributed by atoms with van der Waals surface area (Å²) in [6, 6.07) is 0.577. The van der Waals surface area contributed by atoms with Crippen molar-refractivity contribution >= 4 is 28.5 Å². The van der Waals surface area contributed by atoms with Crippen molar-refractivity contribution in [2.24, 2.45) is 0 Å².